The Labute approximate surface area is 142 Å². The van der Waals surface area contributed by atoms with Gasteiger partial charge in [0, 0.05) is 5.56 Å². The number of nitrogens with one attached hydrogen (secondary N) is 1. The molecule has 0 unspecified atom stereocenters. The molecule has 8 nitrogen and oxygen atoms in total. The van der Waals surface area contributed by atoms with E-state index in [0.29, 0.717) is 22.8 Å². The number of furan rings is 1. The Bertz CT molecular complexity index is 826. The summed E-state index contributed by atoms with van der Waals surface area (Å²) in [6.07, 6.45) is 2.75. The van der Waals surface area contributed by atoms with Gasteiger partial charge in [-0.2, -0.15) is 0 Å². The van der Waals surface area contributed by atoms with Crippen molar-refractivity contribution < 1.29 is 23.2 Å². The average Bonchev–Trinajstić information content (AvgIpc) is 3.33. The van der Waals surface area contributed by atoms with Gasteiger partial charge in [-0.25, -0.2) is 4.79 Å². The molecular weight excluding hydrogens is 326 g/mol. The molecule has 1 atom stereocenters. The number of hydrogen-bond donors (Lipinski definition) is 1. The van der Waals surface area contributed by atoms with Crippen molar-refractivity contribution in [3.8, 4) is 11.5 Å². The summed E-state index contributed by atoms with van der Waals surface area (Å²) in [5.41, 5.74) is 0.995. The number of rotatable bonds is 6. The van der Waals surface area contributed by atoms with Crippen LogP contribution in [-0.4, -0.2) is 28.7 Å². The van der Waals surface area contributed by atoms with Gasteiger partial charge in [0.15, 0.2) is 6.61 Å². The topological polar surface area (TPSA) is 107 Å². The highest BCUT2D eigenvalue weighted by Gasteiger charge is 2.15. The minimum absolute atomic E-state index is 0.310. The van der Waals surface area contributed by atoms with Gasteiger partial charge in [-0.3, -0.25) is 4.79 Å². The van der Waals surface area contributed by atoms with Crippen LogP contribution >= 0.6 is 0 Å². The highest BCUT2D eigenvalue weighted by Crippen LogP contribution is 2.17. The number of esters is 1. The van der Waals surface area contributed by atoms with Crippen LogP contribution < -0.4 is 5.32 Å². The van der Waals surface area contributed by atoms with Crippen LogP contribution in [0.4, 0.5) is 0 Å². The zero-order chi connectivity index (χ0) is 17.6. The molecule has 128 valence electrons. The van der Waals surface area contributed by atoms with Gasteiger partial charge in [-0.15, -0.1) is 10.2 Å². The summed E-state index contributed by atoms with van der Waals surface area (Å²) < 4.78 is 15.3. The van der Waals surface area contributed by atoms with Gasteiger partial charge in [-0.1, -0.05) is 0 Å². The van der Waals surface area contributed by atoms with Crippen molar-refractivity contribution in [3.63, 3.8) is 0 Å². The molecule has 0 bridgehead atoms. The summed E-state index contributed by atoms with van der Waals surface area (Å²) >= 11 is 0. The van der Waals surface area contributed by atoms with Crippen LogP contribution in [0.3, 0.4) is 0 Å². The van der Waals surface area contributed by atoms with E-state index in [1.54, 1.807) is 43.3 Å². The normalized spacial score (nSPS) is 11.7. The maximum absolute atomic E-state index is 12.0. The Morgan fingerprint density at radius 2 is 2.00 bits per heavy atom. The number of carbonyl (C=O) groups is 2. The van der Waals surface area contributed by atoms with Crippen molar-refractivity contribution in [1.82, 2.24) is 15.5 Å². The second kappa shape index (κ2) is 7.43. The first-order valence-corrected chi connectivity index (χ1v) is 7.50. The highest BCUT2D eigenvalue weighted by atomic mass is 16.5. The van der Waals surface area contributed by atoms with Crippen molar-refractivity contribution in [1.29, 1.82) is 0 Å². The molecule has 1 amide bonds. The zero-order valence-corrected chi connectivity index (χ0v) is 13.3. The van der Waals surface area contributed by atoms with E-state index in [1.165, 1.54) is 12.7 Å². The standard InChI is InChI=1S/C17H15N3O5/c1-11(14-3-2-8-23-14)19-15(21)9-24-17(22)13-6-4-12(5-7-13)16-20-18-10-25-16/h2-8,10-11H,9H2,1H3,(H,19,21)/t11-/m1/s1. The molecule has 2 heterocycles. The molecule has 0 fully saturated rings. The third-order valence-corrected chi connectivity index (χ3v) is 3.41. The number of hydrogen-bond acceptors (Lipinski definition) is 7. The summed E-state index contributed by atoms with van der Waals surface area (Å²) in [6.45, 7) is 1.39. The number of ether oxygens (including phenoxy) is 1. The molecule has 8 heteroatoms. The molecule has 0 aliphatic carbocycles. The smallest absolute Gasteiger partial charge is 0.338 e. The molecule has 25 heavy (non-hydrogen) atoms. The second-order valence-corrected chi connectivity index (χ2v) is 5.20. The first kappa shape index (κ1) is 16.4. The van der Waals surface area contributed by atoms with Crippen molar-refractivity contribution in [3.05, 3.63) is 60.4 Å². The van der Waals surface area contributed by atoms with Gasteiger partial charge < -0.3 is 18.9 Å². The fourth-order valence-corrected chi connectivity index (χ4v) is 2.15. The highest BCUT2D eigenvalue weighted by molar-refractivity contribution is 5.91. The van der Waals surface area contributed by atoms with Gasteiger partial charge in [0.2, 0.25) is 12.3 Å². The van der Waals surface area contributed by atoms with Crippen molar-refractivity contribution in [2.24, 2.45) is 0 Å². The molecule has 0 spiro atoms. The van der Waals surface area contributed by atoms with Crippen molar-refractivity contribution in [2.45, 2.75) is 13.0 Å². The molecule has 2 aromatic heterocycles. The lowest BCUT2D eigenvalue weighted by atomic mass is 10.1. The fraction of sp³-hybridized carbons (Fsp3) is 0.176. The van der Waals surface area contributed by atoms with E-state index >= 15 is 0 Å². The van der Waals surface area contributed by atoms with Gasteiger partial charge in [0.25, 0.3) is 5.91 Å². The Balaban J connectivity index is 1.51. The Morgan fingerprint density at radius 3 is 2.64 bits per heavy atom. The maximum Gasteiger partial charge on any atom is 0.338 e. The Hall–Kier alpha value is -3.42. The summed E-state index contributed by atoms with van der Waals surface area (Å²) in [6, 6.07) is 9.61. The third kappa shape index (κ3) is 4.11. The van der Waals surface area contributed by atoms with Crippen molar-refractivity contribution in [2.75, 3.05) is 6.61 Å². The molecular formula is C17H15N3O5. The van der Waals surface area contributed by atoms with E-state index in [9.17, 15) is 9.59 Å². The molecule has 0 saturated heterocycles. The number of aromatic nitrogens is 2. The van der Waals surface area contributed by atoms with Crippen LogP contribution in [0.5, 0.6) is 0 Å². The quantitative estimate of drug-likeness (QED) is 0.686. The molecule has 0 radical (unpaired) electrons. The molecule has 0 aliphatic heterocycles. The summed E-state index contributed by atoms with van der Waals surface area (Å²) in [5, 5.41) is 10.0. The largest absolute Gasteiger partial charge is 0.467 e. The monoisotopic (exact) mass is 341 g/mol. The van der Waals surface area contributed by atoms with Crippen LogP contribution in [0.25, 0.3) is 11.5 Å². The Morgan fingerprint density at radius 1 is 1.20 bits per heavy atom. The first-order valence-electron chi connectivity index (χ1n) is 7.50. The van der Waals surface area contributed by atoms with Gasteiger partial charge in [0.1, 0.15) is 5.76 Å². The zero-order valence-electron chi connectivity index (χ0n) is 13.3. The van der Waals surface area contributed by atoms with E-state index < -0.39 is 11.9 Å². The summed E-state index contributed by atoms with van der Waals surface area (Å²) in [7, 11) is 0. The lowest BCUT2D eigenvalue weighted by Gasteiger charge is -2.11. The van der Waals surface area contributed by atoms with Crippen LogP contribution in [0, 0.1) is 0 Å². The van der Waals surface area contributed by atoms with Gasteiger partial charge >= 0.3 is 5.97 Å². The molecule has 1 N–H and O–H groups in total. The molecule has 3 aromatic rings. The third-order valence-electron chi connectivity index (χ3n) is 3.41. The number of nitrogens with zero attached hydrogens (tertiary/aromatic N) is 2. The molecule has 3 rings (SSSR count). The summed E-state index contributed by atoms with van der Waals surface area (Å²) in [5.74, 6) is -0.0416. The molecule has 1 aromatic carbocycles. The average molecular weight is 341 g/mol. The van der Waals surface area contributed by atoms with E-state index in [2.05, 4.69) is 15.5 Å². The summed E-state index contributed by atoms with van der Waals surface area (Å²) in [4.78, 5) is 23.8. The predicted molar refractivity (Wildman–Crippen MR) is 85.3 cm³/mol. The van der Waals surface area contributed by atoms with Gasteiger partial charge in [0.05, 0.1) is 17.9 Å². The minimum atomic E-state index is -0.599. The van der Waals surface area contributed by atoms with Crippen LogP contribution in [0.15, 0.2) is 57.9 Å². The molecule has 0 aliphatic rings. The lowest BCUT2D eigenvalue weighted by Crippen LogP contribution is -2.30. The van der Waals surface area contributed by atoms with Crippen LogP contribution in [-0.2, 0) is 9.53 Å². The van der Waals surface area contributed by atoms with Gasteiger partial charge in [-0.05, 0) is 43.3 Å². The SMILES string of the molecule is C[C@@H](NC(=O)COC(=O)c1ccc(-c2nnco2)cc1)c1ccco1. The number of benzene rings is 1. The number of amides is 1. The molecule has 0 saturated carbocycles. The number of carbonyl (C=O) groups excluding carboxylic acids is 2. The second-order valence-electron chi connectivity index (χ2n) is 5.20. The lowest BCUT2D eigenvalue weighted by molar-refractivity contribution is -0.125. The van der Waals surface area contributed by atoms with E-state index in [-0.39, 0.29) is 12.6 Å². The fourth-order valence-electron chi connectivity index (χ4n) is 2.15. The maximum atomic E-state index is 12.0. The first-order chi connectivity index (χ1) is 12.1. The van der Waals surface area contributed by atoms with E-state index in [1.807, 2.05) is 0 Å². The van der Waals surface area contributed by atoms with Crippen LogP contribution in [0.1, 0.15) is 29.1 Å². The van der Waals surface area contributed by atoms with Crippen molar-refractivity contribution >= 4 is 11.9 Å². The minimum Gasteiger partial charge on any atom is -0.467 e. The predicted octanol–water partition coefficient (Wildman–Crippen LogP) is 2.36. The Kier molecular flexibility index (Phi) is 4.89. The van der Waals surface area contributed by atoms with E-state index in [4.69, 9.17) is 13.6 Å². The van der Waals surface area contributed by atoms with E-state index in [0.717, 1.165) is 0 Å². The van der Waals surface area contributed by atoms with Crippen LogP contribution in [0.2, 0.25) is 0 Å².